The molecule has 14 heavy (non-hydrogen) atoms. The molecule has 3 heteroatoms. The minimum atomic E-state index is -0.0623. The molecule has 2 nitrogen and oxygen atoms in total. The molecule has 1 aromatic carbocycles. The average molecular weight is 214 g/mol. The van der Waals surface area contributed by atoms with Gasteiger partial charge in [0, 0.05) is 11.1 Å². The summed E-state index contributed by atoms with van der Waals surface area (Å²) in [6.07, 6.45) is 0.996. The van der Waals surface area contributed by atoms with Crippen LogP contribution in [0.5, 0.6) is 5.75 Å². The first-order valence-electron chi connectivity index (χ1n) is 4.83. The molecule has 78 valence electrons. The largest absolute Gasteiger partial charge is 0.494 e. The zero-order chi connectivity index (χ0) is 10.6. The van der Waals surface area contributed by atoms with Gasteiger partial charge in [-0.1, -0.05) is 18.5 Å². The maximum atomic E-state index is 5.99. The number of nitrogens with two attached hydrogens (primary N) is 1. The van der Waals surface area contributed by atoms with Crippen molar-refractivity contribution in [2.75, 3.05) is 6.61 Å². The van der Waals surface area contributed by atoms with Crippen molar-refractivity contribution >= 4 is 11.6 Å². The predicted molar refractivity (Wildman–Crippen MR) is 59.8 cm³/mol. The summed E-state index contributed by atoms with van der Waals surface area (Å²) in [5.41, 5.74) is 6.70. The first kappa shape index (κ1) is 11.3. The van der Waals surface area contributed by atoms with Crippen molar-refractivity contribution in [3.8, 4) is 5.75 Å². The van der Waals surface area contributed by atoms with E-state index >= 15 is 0 Å². The van der Waals surface area contributed by atoms with E-state index in [9.17, 15) is 0 Å². The number of hydrogen-bond donors (Lipinski definition) is 1. The molecule has 0 bridgehead atoms. The van der Waals surface area contributed by atoms with Crippen LogP contribution in [0.15, 0.2) is 18.2 Å². The zero-order valence-corrected chi connectivity index (χ0v) is 9.34. The van der Waals surface area contributed by atoms with E-state index in [1.165, 1.54) is 0 Å². The van der Waals surface area contributed by atoms with E-state index in [2.05, 4.69) is 6.92 Å². The van der Waals surface area contributed by atoms with E-state index < -0.39 is 0 Å². The van der Waals surface area contributed by atoms with Crippen LogP contribution in [0, 0.1) is 0 Å². The summed E-state index contributed by atoms with van der Waals surface area (Å²) in [6, 6.07) is 5.53. The second-order valence-electron chi connectivity index (χ2n) is 3.32. The van der Waals surface area contributed by atoms with Crippen molar-refractivity contribution in [3.05, 3.63) is 28.8 Å². The summed E-state index contributed by atoms with van der Waals surface area (Å²) in [5, 5.41) is 0.698. The van der Waals surface area contributed by atoms with Gasteiger partial charge in [0.1, 0.15) is 5.75 Å². The number of ether oxygens (including phenoxy) is 1. The highest BCUT2D eigenvalue weighted by molar-refractivity contribution is 6.31. The predicted octanol–water partition coefficient (Wildman–Crippen LogP) is 3.15. The third kappa shape index (κ3) is 2.89. The average Bonchev–Trinajstić information content (AvgIpc) is 2.16. The highest BCUT2D eigenvalue weighted by Gasteiger charge is 2.06. The van der Waals surface area contributed by atoms with Gasteiger partial charge in [-0.3, -0.25) is 0 Å². The Hall–Kier alpha value is -0.730. The minimum Gasteiger partial charge on any atom is -0.494 e. The Morgan fingerprint density at radius 1 is 1.50 bits per heavy atom. The van der Waals surface area contributed by atoms with Crippen LogP contribution in [-0.4, -0.2) is 6.61 Å². The molecule has 0 aromatic heterocycles. The highest BCUT2D eigenvalue weighted by Crippen LogP contribution is 2.26. The van der Waals surface area contributed by atoms with Crippen molar-refractivity contribution in [2.24, 2.45) is 5.73 Å². The van der Waals surface area contributed by atoms with E-state index in [1.807, 2.05) is 25.1 Å². The minimum absolute atomic E-state index is 0.0623. The molecule has 0 fully saturated rings. The molecule has 0 saturated heterocycles. The van der Waals surface area contributed by atoms with Gasteiger partial charge in [0.25, 0.3) is 0 Å². The monoisotopic (exact) mass is 213 g/mol. The molecule has 0 amide bonds. The molecule has 0 radical (unpaired) electrons. The van der Waals surface area contributed by atoms with Gasteiger partial charge < -0.3 is 10.5 Å². The quantitative estimate of drug-likeness (QED) is 0.834. The Morgan fingerprint density at radius 3 is 2.79 bits per heavy atom. The van der Waals surface area contributed by atoms with Crippen molar-refractivity contribution < 1.29 is 4.74 Å². The molecular weight excluding hydrogens is 198 g/mol. The Balaban J connectivity index is 2.83. The Labute approximate surface area is 90.0 Å². The SMILES string of the molecule is CCCOc1ccc(Cl)c(C(C)N)c1. The van der Waals surface area contributed by atoms with Gasteiger partial charge >= 0.3 is 0 Å². The van der Waals surface area contributed by atoms with Crippen molar-refractivity contribution in [1.29, 1.82) is 0 Å². The molecule has 0 aliphatic rings. The number of benzene rings is 1. The van der Waals surface area contributed by atoms with Gasteiger partial charge in [0.15, 0.2) is 0 Å². The second-order valence-corrected chi connectivity index (χ2v) is 3.73. The molecule has 1 aromatic rings. The zero-order valence-electron chi connectivity index (χ0n) is 8.59. The van der Waals surface area contributed by atoms with E-state index in [-0.39, 0.29) is 6.04 Å². The smallest absolute Gasteiger partial charge is 0.119 e. The van der Waals surface area contributed by atoms with Crippen molar-refractivity contribution in [3.63, 3.8) is 0 Å². The Morgan fingerprint density at radius 2 is 2.21 bits per heavy atom. The molecule has 0 spiro atoms. The maximum Gasteiger partial charge on any atom is 0.119 e. The number of rotatable bonds is 4. The fraction of sp³-hybridized carbons (Fsp3) is 0.455. The normalized spacial score (nSPS) is 12.6. The first-order valence-corrected chi connectivity index (χ1v) is 5.20. The van der Waals surface area contributed by atoms with E-state index in [0.29, 0.717) is 5.02 Å². The van der Waals surface area contributed by atoms with Crippen LogP contribution >= 0.6 is 11.6 Å². The molecule has 0 aliphatic carbocycles. The summed E-state index contributed by atoms with van der Waals surface area (Å²) >= 11 is 5.99. The van der Waals surface area contributed by atoms with E-state index in [0.717, 1.165) is 24.3 Å². The van der Waals surface area contributed by atoms with Crippen LogP contribution in [-0.2, 0) is 0 Å². The summed E-state index contributed by atoms with van der Waals surface area (Å²) in [7, 11) is 0. The number of halogens is 1. The molecule has 1 atom stereocenters. The van der Waals surface area contributed by atoms with Gasteiger partial charge in [-0.15, -0.1) is 0 Å². The highest BCUT2D eigenvalue weighted by atomic mass is 35.5. The van der Waals surface area contributed by atoms with E-state index in [1.54, 1.807) is 0 Å². The van der Waals surface area contributed by atoms with Crippen LogP contribution in [0.1, 0.15) is 31.9 Å². The van der Waals surface area contributed by atoms with Crippen molar-refractivity contribution in [1.82, 2.24) is 0 Å². The van der Waals surface area contributed by atoms with Gasteiger partial charge in [-0.25, -0.2) is 0 Å². The van der Waals surface area contributed by atoms with Crippen LogP contribution in [0.4, 0.5) is 0 Å². The molecule has 0 heterocycles. The molecule has 0 aliphatic heterocycles. The number of hydrogen-bond acceptors (Lipinski definition) is 2. The van der Waals surface area contributed by atoms with Crippen LogP contribution in [0.25, 0.3) is 0 Å². The molecule has 1 unspecified atom stereocenters. The summed E-state index contributed by atoms with van der Waals surface area (Å²) in [5.74, 6) is 0.837. The standard InChI is InChI=1S/C11H16ClNO/c1-3-6-14-9-4-5-11(12)10(7-9)8(2)13/h4-5,7-8H,3,6,13H2,1-2H3. The lowest BCUT2D eigenvalue weighted by Gasteiger charge is -2.11. The third-order valence-electron chi connectivity index (χ3n) is 1.93. The first-order chi connectivity index (χ1) is 6.65. The van der Waals surface area contributed by atoms with Gasteiger partial charge in [0.05, 0.1) is 6.61 Å². The second kappa shape index (κ2) is 5.23. The fourth-order valence-electron chi connectivity index (χ4n) is 1.18. The summed E-state index contributed by atoms with van der Waals surface area (Å²) < 4.78 is 5.49. The third-order valence-corrected chi connectivity index (χ3v) is 2.28. The Bertz CT molecular complexity index is 299. The Kier molecular flexibility index (Phi) is 4.23. The van der Waals surface area contributed by atoms with Gasteiger partial charge in [-0.05, 0) is 37.1 Å². The van der Waals surface area contributed by atoms with Crippen LogP contribution in [0.2, 0.25) is 5.02 Å². The fourth-order valence-corrected chi connectivity index (χ4v) is 1.47. The summed E-state index contributed by atoms with van der Waals surface area (Å²) in [4.78, 5) is 0. The molecule has 0 saturated carbocycles. The summed E-state index contributed by atoms with van der Waals surface area (Å²) in [6.45, 7) is 4.70. The molecule has 1 rings (SSSR count). The van der Waals surface area contributed by atoms with Crippen LogP contribution < -0.4 is 10.5 Å². The topological polar surface area (TPSA) is 35.2 Å². The van der Waals surface area contributed by atoms with Crippen molar-refractivity contribution in [2.45, 2.75) is 26.3 Å². The maximum absolute atomic E-state index is 5.99. The van der Waals surface area contributed by atoms with Crippen LogP contribution in [0.3, 0.4) is 0 Å². The lowest BCUT2D eigenvalue weighted by molar-refractivity contribution is 0.317. The van der Waals surface area contributed by atoms with Gasteiger partial charge in [-0.2, -0.15) is 0 Å². The lowest BCUT2D eigenvalue weighted by atomic mass is 10.1. The lowest BCUT2D eigenvalue weighted by Crippen LogP contribution is -2.06. The molecular formula is C11H16ClNO. The van der Waals surface area contributed by atoms with Gasteiger partial charge in [0.2, 0.25) is 0 Å². The van der Waals surface area contributed by atoms with E-state index in [4.69, 9.17) is 22.1 Å². The molecule has 2 N–H and O–H groups in total.